The molecule has 0 spiro atoms. The molecule has 100 valence electrons. The van der Waals surface area contributed by atoms with Crippen LogP contribution in [-0.4, -0.2) is 23.3 Å². The van der Waals surface area contributed by atoms with E-state index in [1.165, 1.54) is 11.3 Å². The van der Waals surface area contributed by atoms with Gasteiger partial charge in [-0.05, 0) is 37.8 Å². The summed E-state index contributed by atoms with van der Waals surface area (Å²) in [5.74, 6) is -0.490. The van der Waals surface area contributed by atoms with Crippen LogP contribution in [0.2, 0.25) is 0 Å². The lowest BCUT2D eigenvalue weighted by Crippen LogP contribution is -2.07. The summed E-state index contributed by atoms with van der Waals surface area (Å²) in [4.78, 5) is 27.1. The third kappa shape index (κ3) is 2.46. The monoisotopic (exact) mass is 277 g/mol. The molecule has 0 aromatic carbocycles. The molecule has 0 atom stereocenters. The highest BCUT2D eigenvalue weighted by Crippen LogP contribution is 2.23. The number of esters is 1. The summed E-state index contributed by atoms with van der Waals surface area (Å²) >= 11 is 1.47. The minimum atomic E-state index is -0.424. The summed E-state index contributed by atoms with van der Waals surface area (Å²) in [7, 11) is 0. The van der Waals surface area contributed by atoms with E-state index in [4.69, 9.17) is 4.74 Å². The molecule has 0 saturated heterocycles. The summed E-state index contributed by atoms with van der Waals surface area (Å²) < 4.78 is 4.97. The molecule has 0 saturated carbocycles. The lowest BCUT2D eigenvalue weighted by Gasteiger charge is -2.01. The third-order valence-electron chi connectivity index (χ3n) is 2.93. The Morgan fingerprint density at radius 1 is 1.37 bits per heavy atom. The average Bonchev–Trinajstić information content (AvgIpc) is 2.97. The fourth-order valence-electron chi connectivity index (χ4n) is 2.04. The number of hydrogen-bond donors (Lipinski definition) is 1. The fourth-order valence-corrected chi connectivity index (χ4v) is 2.67. The van der Waals surface area contributed by atoms with Crippen LogP contribution in [-0.2, 0) is 4.74 Å². The lowest BCUT2D eigenvalue weighted by molar-refractivity contribution is 0.0519. The van der Waals surface area contributed by atoms with Gasteiger partial charge >= 0.3 is 5.97 Å². The van der Waals surface area contributed by atoms with Crippen molar-refractivity contribution in [1.82, 2.24) is 4.98 Å². The number of aromatic amines is 1. The van der Waals surface area contributed by atoms with Crippen molar-refractivity contribution in [2.24, 2.45) is 0 Å². The van der Waals surface area contributed by atoms with Gasteiger partial charge in [0.1, 0.15) is 5.69 Å². The Labute approximate surface area is 115 Å². The molecule has 0 fully saturated rings. The standard InChI is InChI=1S/C14H15NO3S/c1-4-18-14(17)12-8(2)11(9(3)15-12)13(16)10-5-6-19-7-10/h5-7,15H,4H2,1-3H3. The Balaban J connectivity index is 2.42. The number of ketones is 1. The Bertz CT molecular complexity index is 611. The van der Waals surface area contributed by atoms with Crippen LogP contribution in [0.4, 0.5) is 0 Å². The number of H-pyrrole nitrogens is 1. The quantitative estimate of drug-likeness (QED) is 0.690. The highest BCUT2D eigenvalue weighted by molar-refractivity contribution is 7.08. The highest BCUT2D eigenvalue weighted by Gasteiger charge is 2.23. The van der Waals surface area contributed by atoms with Crippen molar-refractivity contribution < 1.29 is 14.3 Å². The van der Waals surface area contributed by atoms with E-state index < -0.39 is 5.97 Å². The SMILES string of the molecule is CCOC(=O)c1[nH]c(C)c(C(=O)c2ccsc2)c1C. The Hall–Kier alpha value is -1.88. The van der Waals surface area contributed by atoms with E-state index in [0.717, 1.165) is 0 Å². The number of aryl methyl sites for hydroxylation is 1. The molecular weight excluding hydrogens is 262 g/mol. The first-order valence-corrected chi connectivity index (χ1v) is 6.93. The van der Waals surface area contributed by atoms with Gasteiger partial charge in [-0.15, -0.1) is 0 Å². The largest absolute Gasteiger partial charge is 0.461 e. The lowest BCUT2D eigenvalue weighted by atomic mass is 10.0. The molecule has 5 heteroatoms. The van der Waals surface area contributed by atoms with Gasteiger partial charge in [0.05, 0.1) is 6.61 Å². The number of carbonyl (C=O) groups excluding carboxylic acids is 2. The first-order chi connectivity index (χ1) is 9.06. The number of thiophene rings is 1. The van der Waals surface area contributed by atoms with Crippen LogP contribution in [0, 0.1) is 13.8 Å². The first kappa shape index (κ1) is 13.5. The second-order valence-electron chi connectivity index (χ2n) is 4.19. The number of ether oxygens (including phenoxy) is 1. The molecule has 19 heavy (non-hydrogen) atoms. The minimum Gasteiger partial charge on any atom is -0.461 e. The minimum absolute atomic E-state index is 0.0666. The fraction of sp³-hybridized carbons (Fsp3) is 0.286. The van der Waals surface area contributed by atoms with E-state index in [1.54, 1.807) is 32.2 Å². The van der Waals surface area contributed by atoms with Crippen molar-refractivity contribution in [2.45, 2.75) is 20.8 Å². The maximum Gasteiger partial charge on any atom is 0.355 e. The van der Waals surface area contributed by atoms with Gasteiger partial charge in [0.25, 0.3) is 0 Å². The molecular formula is C14H15NO3S. The molecule has 0 amide bonds. The molecule has 0 radical (unpaired) electrons. The van der Waals surface area contributed by atoms with Crippen LogP contribution in [0.3, 0.4) is 0 Å². The zero-order valence-corrected chi connectivity index (χ0v) is 11.9. The second-order valence-corrected chi connectivity index (χ2v) is 4.97. The molecule has 0 aliphatic heterocycles. The zero-order chi connectivity index (χ0) is 14.0. The van der Waals surface area contributed by atoms with Crippen LogP contribution in [0.15, 0.2) is 16.8 Å². The van der Waals surface area contributed by atoms with Crippen molar-refractivity contribution in [1.29, 1.82) is 0 Å². The summed E-state index contributed by atoms with van der Waals surface area (Å²) in [5.41, 5.74) is 2.90. The molecule has 2 aromatic rings. The maximum absolute atomic E-state index is 12.4. The summed E-state index contributed by atoms with van der Waals surface area (Å²) in [5, 5.41) is 3.66. The number of hydrogen-bond acceptors (Lipinski definition) is 4. The van der Waals surface area contributed by atoms with Gasteiger partial charge in [-0.2, -0.15) is 11.3 Å². The molecule has 0 unspecified atom stereocenters. The summed E-state index contributed by atoms with van der Waals surface area (Å²) in [6.45, 7) is 5.61. The van der Waals surface area contributed by atoms with E-state index >= 15 is 0 Å². The van der Waals surface area contributed by atoms with Gasteiger partial charge in [0.15, 0.2) is 5.78 Å². The van der Waals surface area contributed by atoms with Gasteiger partial charge in [-0.1, -0.05) is 0 Å². The van der Waals surface area contributed by atoms with Crippen LogP contribution < -0.4 is 0 Å². The van der Waals surface area contributed by atoms with E-state index in [2.05, 4.69) is 4.98 Å². The molecule has 0 bridgehead atoms. The van der Waals surface area contributed by atoms with Crippen LogP contribution in [0.1, 0.15) is 44.6 Å². The number of nitrogens with one attached hydrogen (secondary N) is 1. The number of rotatable bonds is 4. The van der Waals surface area contributed by atoms with Gasteiger partial charge in [-0.3, -0.25) is 4.79 Å². The molecule has 2 heterocycles. The predicted molar refractivity (Wildman–Crippen MR) is 74.0 cm³/mol. The van der Waals surface area contributed by atoms with Gasteiger partial charge in [0.2, 0.25) is 0 Å². The molecule has 1 N–H and O–H groups in total. The maximum atomic E-state index is 12.4. The van der Waals surface area contributed by atoms with E-state index in [-0.39, 0.29) is 5.78 Å². The normalized spacial score (nSPS) is 10.5. The second kappa shape index (κ2) is 5.40. The molecule has 2 rings (SSSR count). The first-order valence-electron chi connectivity index (χ1n) is 5.99. The summed E-state index contributed by atoms with van der Waals surface area (Å²) in [6, 6.07) is 1.78. The smallest absolute Gasteiger partial charge is 0.355 e. The Kier molecular flexibility index (Phi) is 3.85. The number of carbonyl (C=O) groups is 2. The van der Waals surface area contributed by atoms with E-state index in [1.807, 2.05) is 5.38 Å². The molecule has 4 nitrogen and oxygen atoms in total. The van der Waals surface area contributed by atoms with Crippen molar-refractivity contribution in [3.63, 3.8) is 0 Å². The van der Waals surface area contributed by atoms with Gasteiger partial charge < -0.3 is 9.72 Å². The third-order valence-corrected chi connectivity index (χ3v) is 3.61. The van der Waals surface area contributed by atoms with E-state index in [0.29, 0.717) is 34.7 Å². The molecule has 0 aliphatic carbocycles. The average molecular weight is 277 g/mol. The van der Waals surface area contributed by atoms with Crippen LogP contribution >= 0.6 is 11.3 Å². The van der Waals surface area contributed by atoms with Crippen molar-refractivity contribution in [2.75, 3.05) is 6.61 Å². The number of aromatic nitrogens is 1. The van der Waals surface area contributed by atoms with Crippen molar-refractivity contribution in [3.05, 3.63) is 44.9 Å². The molecule has 2 aromatic heterocycles. The Morgan fingerprint density at radius 3 is 2.68 bits per heavy atom. The molecule has 0 aliphatic rings. The van der Waals surface area contributed by atoms with Crippen molar-refractivity contribution in [3.8, 4) is 0 Å². The predicted octanol–water partition coefficient (Wildman–Crippen LogP) is 3.10. The van der Waals surface area contributed by atoms with Crippen molar-refractivity contribution >= 4 is 23.1 Å². The van der Waals surface area contributed by atoms with Gasteiger partial charge in [-0.25, -0.2) is 4.79 Å². The van der Waals surface area contributed by atoms with Crippen LogP contribution in [0.5, 0.6) is 0 Å². The highest BCUT2D eigenvalue weighted by atomic mass is 32.1. The Morgan fingerprint density at radius 2 is 2.11 bits per heavy atom. The zero-order valence-electron chi connectivity index (χ0n) is 11.1. The topological polar surface area (TPSA) is 59.2 Å². The van der Waals surface area contributed by atoms with Gasteiger partial charge in [0, 0.05) is 22.2 Å². The van der Waals surface area contributed by atoms with E-state index in [9.17, 15) is 9.59 Å². The van der Waals surface area contributed by atoms with Crippen LogP contribution in [0.25, 0.3) is 0 Å². The summed E-state index contributed by atoms with van der Waals surface area (Å²) in [6.07, 6.45) is 0.